The minimum absolute atomic E-state index is 0.0294. The number of benzene rings is 4. The highest BCUT2D eigenvalue weighted by molar-refractivity contribution is 5.99. The molecule has 0 saturated heterocycles. The summed E-state index contributed by atoms with van der Waals surface area (Å²) in [6.45, 7) is 3.15. The van der Waals surface area contributed by atoms with Gasteiger partial charge in [0.05, 0.1) is 31.5 Å². The number of nitrogens with zero attached hydrogens (tertiary/aromatic N) is 1. The molecule has 0 aliphatic carbocycles. The first kappa shape index (κ1) is 32.6. The highest BCUT2D eigenvalue weighted by atomic mass is 19.1. The maximum absolute atomic E-state index is 15.4. The Morgan fingerprint density at radius 2 is 1.22 bits per heavy atom. The Morgan fingerprint density at radius 1 is 0.778 bits per heavy atom. The van der Waals surface area contributed by atoms with Crippen LogP contribution in [0, 0.1) is 17.1 Å². The first-order valence-electron chi connectivity index (χ1n) is 14.7. The molecule has 4 aromatic rings. The van der Waals surface area contributed by atoms with Crippen LogP contribution in [0.2, 0.25) is 0 Å². The molecule has 0 radical (unpaired) electrons. The maximum Gasteiger partial charge on any atom is 0.340 e. The number of nitriles is 1. The number of carbonyl (C=O) groups is 2. The van der Waals surface area contributed by atoms with E-state index in [0.717, 1.165) is 16.7 Å². The molecule has 7 nitrogen and oxygen atoms in total. The van der Waals surface area contributed by atoms with Crippen LogP contribution in [0.1, 0.15) is 42.0 Å². The summed E-state index contributed by atoms with van der Waals surface area (Å²) in [5.41, 5.74) is 1.60. The Labute approximate surface area is 262 Å². The molecule has 230 valence electrons. The predicted octanol–water partition coefficient (Wildman–Crippen LogP) is 6.41. The number of hydrogen-bond acceptors (Lipinski definition) is 7. The van der Waals surface area contributed by atoms with Crippen LogP contribution in [0.4, 0.5) is 4.39 Å². The molecule has 0 aliphatic heterocycles. The third-order valence-corrected chi connectivity index (χ3v) is 7.24. The van der Waals surface area contributed by atoms with Crippen molar-refractivity contribution in [3.05, 3.63) is 155 Å². The topological polar surface area (TPSA) is 97.6 Å². The molecule has 8 heteroatoms. The van der Waals surface area contributed by atoms with Crippen LogP contribution in [0.15, 0.2) is 127 Å². The summed E-state index contributed by atoms with van der Waals surface area (Å²) >= 11 is 0. The van der Waals surface area contributed by atoms with E-state index in [2.05, 4.69) is 11.4 Å². The fourth-order valence-corrected chi connectivity index (χ4v) is 5.15. The van der Waals surface area contributed by atoms with Crippen molar-refractivity contribution in [1.29, 1.82) is 5.26 Å². The van der Waals surface area contributed by atoms with Crippen LogP contribution in [0.5, 0.6) is 0 Å². The number of nitrogens with one attached hydrogen (secondary N) is 1. The summed E-state index contributed by atoms with van der Waals surface area (Å²) in [6.07, 6.45) is 1.23. The number of carbonyl (C=O) groups excluding carboxylic acids is 2. The quantitative estimate of drug-likeness (QED) is 0.0767. The molecule has 0 heterocycles. The number of rotatable bonds is 14. The summed E-state index contributed by atoms with van der Waals surface area (Å²) in [7, 11) is 0. The van der Waals surface area contributed by atoms with E-state index in [-0.39, 0.29) is 31.0 Å². The largest absolute Gasteiger partial charge is 0.464 e. The fourth-order valence-electron chi connectivity index (χ4n) is 5.15. The van der Waals surface area contributed by atoms with E-state index >= 15 is 4.39 Å². The van der Waals surface area contributed by atoms with Gasteiger partial charge in [0.25, 0.3) is 0 Å². The molecule has 0 spiro atoms. The van der Waals surface area contributed by atoms with Gasteiger partial charge in [0, 0.05) is 12.1 Å². The van der Waals surface area contributed by atoms with Crippen LogP contribution >= 0.6 is 0 Å². The van der Waals surface area contributed by atoms with Gasteiger partial charge in [0.15, 0.2) is 0 Å². The van der Waals surface area contributed by atoms with Crippen molar-refractivity contribution in [2.75, 3.05) is 19.8 Å². The number of halogens is 1. The number of ether oxygens (including phenoxy) is 3. The predicted molar refractivity (Wildman–Crippen MR) is 168 cm³/mol. The molecule has 0 amide bonds. The second-order valence-electron chi connectivity index (χ2n) is 9.98. The molecular formula is C37H35FN2O5. The van der Waals surface area contributed by atoms with Crippen molar-refractivity contribution in [3.63, 3.8) is 0 Å². The van der Waals surface area contributed by atoms with Crippen LogP contribution in [0.25, 0.3) is 0 Å². The van der Waals surface area contributed by atoms with E-state index in [0.29, 0.717) is 0 Å². The first-order chi connectivity index (χ1) is 22.0. The van der Waals surface area contributed by atoms with Gasteiger partial charge in [-0.3, -0.25) is 0 Å². The van der Waals surface area contributed by atoms with E-state index in [4.69, 9.17) is 14.2 Å². The van der Waals surface area contributed by atoms with E-state index < -0.39 is 35.3 Å². The van der Waals surface area contributed by atoms with Crippen molar-refractivity contribution >= 4 is 11.9 Å². The van der Waals surface area contributed by atoms with Crippen molar-refractivity contribution < 1.29 is 28.2 Å². The molecular weight excluding hydrogens is 571 g/mol. The molecule has 0 fully saturated rings. The van der Waals surface area contributed by atoms with Crippen LogP contribution in [0.3, 0.4) is 0 Å². The summed E-state index contributed by atoms with van der Waals surface area (Å²) < 4.78 is 32.5. The van der Waals surface area contributed by atoms with E-state index in [1.54, 1.807) is 32.0 Å². The summed E-state index contributed by atoms with van der Waals surface area (Å²) in [5.74, 6) is -3.20. The Morgan fingerprint density at radius 3 is 1.64 bits per heavy atom. The molecule has 0 unspecified atom stereocenters. The van der Waals surface area contributed by atoms with Crippen molar-refractivity contribution in [3.8, 4) is 6.07 Å². The van der Waals surface area contributed by atoms with Crippen LogP contribution in [-0.2, 0) is 29.4 Å². The summed E-state index contributed by atoms with van der Waals surface area (Å²) in [4.78, 5) is 25.2. The zero-order chi connectivity index (χ0) is 32.1. The third kappa shape index (κ3) is 7.64. The lowest BCUT2D eigenvalue weighted by Gasteiger charge is -2.37. The molecule has 1 N–H and O–H groups in total. The van der Waals surface area contributed by atoms with Crippen molar-refractivity contribution in [2.24, 2.45) is 0 Å². The molecule has 0 aromatic heterocycles. The average molecular weight is 607 g/mol. The van der Waals surface area contributed by atoms with Gasteiger partial charge in [-0.2, -0.15) is 5.26 Å². The molecule has 0 aliphatic rings. The number of hydrogen-bond donors (Lipinski definition) is 1. The van der Waals surface area contributed by atoms with Crippen LogP contribution < -0.4 is 5.32 Å². The van der Waals surface area contributed by atoms with E-state index in [1.807, 2.05) is 91.0 Å². The Balaban J connectivity index is 1.83. The first-order valence-corrected chi connectivity index (χ1v) is 14.7. The monoisotopic (exact) mass is 606 g/mol. The highest BCUT2D eigenvalue weighted by Gasteiger charge is 2.39. The molecule has 45 heavy (non-hydrogen) atoms. The number of esters is 2. The zero-order valence-electron chi connectivity index (χ0n) is 25.2. The lowest BCUT2D eigenvalue weighted by Crippen LogP contribution is -2.43. The zero-order valence-corrected chi connectivity index (χ0v) is 25.2. The second-order valence-corrected chi connectivity index (χ2v) is 9.98. The Hall–Kier alpha value is -5.26. The minimum Gasteiger partial charge on any atom is -0.464 e. The standard InChI is InChI=1S/C37H35FN2O5/c1-3-43-35(41)34(36(42)44-4-2)40-25-27(24-39)32(31-22-14-15-23-33(31)38)26-45-37(28-16-8-5-9-17-28,29-18-10-6-11-19-29)30-20-12-7-13-21-30/h5-23,25,32,34,40H,3-4,26H2,1-2H3/b27-25+/t32-/m0/s1. The maximum atomic E-state index is 15.4. The average Bonchev–Trinajstić information content (AvgIpc) is 3.08. The summed E-state index contributed by atoms with van der Waals surface area (Å²) in [5, 5.41) is 13.0. The Bertz CT molecular complexity index is 1510. The highest BCUT2D eigenvalue weighted by Crippen LogP contribution is 2.42. The molecule has 4 rings (SSSR count). The normalized spacial score (nSPS) is 12.2. The van der Waals surface area contributed by atoms with Gasteiger partial charge in [0.2, 0.25) is 6.04 Å². The molecule has 4 aromatic carbocycles. The van der Waals surface area contributed by atoms with Crippen molar-refractivity contribution in [2.45, 2.75) is 31.4 Å². The van der Waals surface area contributed by atoms with E-state index in [9.17, 15) is 14.9 Å². The van der Waals surface area contributed by atoms with Crippen molar-refractivity contribution in [1.82, 2.24) is 5.32 Å². The van der Waals surface area contributed by atoms with Gasteiger partial charge in [-0.1, -0.05) is 109 Å². The van der Waals surface area contributed by atoms with Gasteiger partial charge in [0.1, 0.15) is 11.4 Å². The second kappa shape index (κ2) is 16.0. The molecule has 0 saturated carbocycles. The van der Waals surface area contributed by atoms with Gasteiger partial charge in [-0.05, 0) is 42.2 Å². The van der Waals surface area contributed by atoms with Gasteiger partial charge in [-0.15, -0.1) is 0 Å². The SMILES string of the molecule is CCOC(=O)C(N/C=C(\C#N)[C@H](COC(c1ccccc1)(c1ccccc1)c1ccccc1)c1ccccc1F)C(=O)OCC. The Kier molecular flexibility index (Phi) is 11.6. The molecule has 0 bridgehead atoms. The van der Waals surface area contributed by atoms with Gasteiger partial charge in [-0.25, -0.2) is 14.0 Å². The lowest BCUT2D eigenvalue weighted by atomic mass is 9.79. The van der Waals surface area contributed by atoms with Gasteiger partial charge >= 0.3 is 11.9 Å². The fraction of sp³-hybridized carbons (Fsp3) is 0.216. The molecule has 1 atom stereocenters. The summed E-state index contributed by atoms with van der Waals surface area (Å²) in [6, 6.07) is 35.8. The minimum atomic E-state index is -1.52. The van der Waals surface area contributed by atoms with Crippen LogP contribution in [-0.4, -0.2) is 37.8 Å². The smallest absolute Gasteiger partial charge is 0.340 e. The van der Waals surface area contributed by atoms with Gasteiger partial charge < -0.3 is 19.5 Å². The lowest BCUT2D eigenvalue weighted by molar-refractivity contribution is -0.157. The third-order valence-electron chi connectivity index (χ3n) is 7.24. The van der Waals surface area contributed by atoms with E-state index in [1.165, 1.54) is 12.3 Å².